The normalized spacial score (nSPS) is 18.0. The summed E-state index contributed by atoms with van der Waals surface area (Å²) in [5, 5.41) is 0. The van der Waals surface area contributed by atoms with Gasteiger partial charge in [-0.15, -0.1) is 6.42 Å². The molecule has 0 amide bonds. The predicted octanol–water partition coefficient (Wildman–Crippen LogP) is 2.72. The number of hydrogen-bond donors (Lipinski definition) is 0. The minimum absolute atomic E-state index is 0. The SMILES string of the molecule is CCC(C)C1=[C-]CC=C1.[Ru+]. The molecule has 0 bridgehead atoms. The van der Waals surface area contributed by atoms with Crippen LogP contribution in [0.3, 0.4) is 0 Å². The van der Waals surface area contributed by atoms with Crippen molar-refractivity contribution in [2.75, 3.05) is 0 Å². The third-order valence-corrected chi connectivity index (χ3v) is 1.86. The van der Waals surface area contributed by atoms with Crippen molar-refractivity contribution in [1.29, 1.82) is 0 Å². The molecule has 1 aliphatic carbocycles. The average Bonchev–Trinajstić information content (AvgIpc) is 2.37. The summed E-state index contributed by atoms with van der Waals surface area (Å²) in [6.45, 7) is 4.46. The fraction of sp³-hybridized carbons (Fsp3) is 0.556. The van der Waals surface area contributed by atoms with E-state index in [1.165, 1.54) is 12.0 Å². The summed E-state index contributed by atoms with van der Waals surface area (Å²) in [7, 11) is 0. The maximum atomic E-state index is 3.31. The van der Waals surface area contributed by atoms with Gasteiger partial charge in [0.05, 0.1) is 0 Å². The van der Waals surface area contributed by atoms with Crippen LogP contribution >= 0.6 is 0 Å². The van der Waals surface area contributed by atoms with Gasteiger partial charge in [0.15, 0.2) is 0 Å². The summed E-state index contributed by atoms with van der Waals surface area (Å²) in [5.74, 6) is 0.712. The van der Waals surface area contributed by atoms with Gasteiger partial charge in [0.1, 0.15) is 0 Å². The minimum Gasteiger partial charge on any atom is -0.269 e. The molecular formula is C9H13Ru. The van der Waals surface area contributed by atoms with Crippen molar-refractivity contribution in [3.05, 3.63) is 23.8 Å². The van der Waals surface area contributed by atoms with Gasteiger partial charge in [-0.1, -0.05) is 26.2 Å². The molecule has 10 heavy (non-hydrogen) atoms. The molecule has 0 aromatic rings. The Morgan fingerprint density at radius 3 is 2.80 bits per heavy atom. The minimum atomic E-state index is 0. The fourth-order valence-corrected chi connectivity index (χ4v) is 0.980. The van der Waals surface area contributed by atoms with Crippen molar-refractivity contribution in [2.24, 2.45) is 5.92 Å². The third-order valence-electron chi connectivity index (χ3n) is 1.86. The Labute approximate surface area is 76.2 Å². The molecule has 0 aromatic heterocycles. The molecule has 0 aliphatic heterocycles. The number of allylic oxidation sites excluding steroid dienone is 4. The summed E-state index contributed by atoms with van der Waals surface area (Å²) in [6, 6.07) is 0. The van der Waals surface area contributed by atoms with Gasteiger partial charge in [-0.3, -0.25) is 6.08 Å². The first-order valence-corrected chi connectivity index (χ1v) is 3.62. The molecule has 0 spiro atoms. The Kier molecular flexibility index (Phi) is 4.90. The van der Waals surface area contributed by atoms with Crippen LogP contribution in [0.4, 0.5) is 0 Å². The second-order valence-corrected chi connectivity index (χ2v) is 2.55. The zero-order valence-corrected chi connectivity index (χ0v) is 8.24. The van der Waals surface area contributed by atoms with Crippen LogP contribution < -0.4 is 0 Å². The molecule has 0 N–H and O–H groups in total. The van der Waals surface area contributed by atoms with Crippen LogP contribution in [0.25, 0.3) is 0 Å². The van der Waals surface area contributed by atoms with Crippen LogP contribution in [0.5, 0.6) is 0 Å². The van der Waals surface area contributed by atoms with Gasteiger partial charge >= 0.3 is 19.5 Å². The van der Waals surface area contributed by atoms with E-state index in [1.54, 1.807) is 0 Å². The van der Waals surface area contributed by atoms with E-state index in [1.807, 2.05) is 0 Å². The molecule has 1 unspecified atom stereocenters. The molecule has 0 heterocycles. The molecule has 0 fully saturated rings. The van der Waals surface area contributed by atoms with E-state index in [0.717, 1.165) is 6.42 Å². The fourth-order valence-electron chi connectivity index (χ4n) is 0.980. The topological polar surface area (TPSA) is 0 Å². The van der Waals surface area contributed by atoms with Crippen LogP contribution in [-0.4, -0.2) is 0 Å². The van der Waals surface area contributed by atoms with Gasteiger partial charge in [-0.2, -0.15) is 6.08 Å². The van der Waals surface area contributed by atoms with Crippen LogP contribution in [0.1, 0.15) is 26.7 Å². The van der Waals surface area contributed by atoms with Gasteiger partial charge in [0.25, 0.3) is 0 Å². The maximum absolute atomic E-state index is 3.31. The Bertz CT molecular complexity index is 145. The zero-order chi connectivity index (χ0) is 6.69. The van der Waals surface area contributed by atoms with E-state index < -0.39 is 0 Å². The maximum Gasteiger partial charge on any atom is 1.00 e. The Hall–Kier alpha value is 0.103. The van der Waals surface area contributed by atoms with Gasteiger partial charge < -0.3 is 0 Å². The van der Waals surface area contributed by atoms with Crippen LogP contribution in [-0.2, 0) is 19.5 Å². The predicted molar refractivity (Wildman–Crippen MR) is 40.0 cm³/mol. The second-order valence-electron chi connectivity index (χ2n) is 2.55. The van der Waals surface area contributed by atoms with Crippen molar-refractivity contribution >= 4 is 0 Å². The van der Waals surface area contributed by atoms with Gasteiger partial charge in [-0.05, 0) is 0 Å². The standard InChI is InChI=1S/C9H13.Ru/c1-3-8(2)9-6-4-5-7-9;/h4,6,8H,3,5H2,1-2H3;/q-1;+1. The van der Waals surface area contributed by atoms with E-state index >= 15 is 0 Å². The molecule has 1 rings (SSSR count). The van der Waals surface area contributed by atoms with Crippen LogP contribution in [0.15, 0.2) is 17.7 Å². The van der Waals surface area contributed by atoms with Crippen LogP contribution in [0.2, 0.25) is 0 Å². The molecule has 1 radical (unpaired) electrons. The molecule has 1 heteroatoms. The molecule has 0 aromatic carbocycles. The number of rotatable bonds is 2. The first kappa shape index (κ1) is 10.1. The summed E-state index contributed by atoms with van der Waals surface area (Å²) in [6.07, 6.45) is 9.93. The number of hydrogen-bond acceptors (Lipinski definition) is 0. The van der Waals surface area contributed by atoms with Gasteiger partial charge in [-0.25, -0.2) is 11.6 Å². The van der Waals surface area contributed by atoms with Crippen molar-refractivity contribution in [1.82, 2.24) is 0 Å². The summed E-state index contributed by atoms with van der Waals surface area (Å²) in [4.78, 5) is 0. The zero-order valence-electron chi connectivity index (χ0n) is 6.50. The van der Waals surface area contributed by atoms with Crippen molar-refractivity contribution in [3.63, 3.8) is 0 Å². The van der Waals surface area contributed by atoms with Crippen molar-refractivity contribution in [2.45, 2.75) is 26.7 Å². The Morgan fingerprint density at radius 1 is 1.70 bits per heavy atom. The first-order valence-electron chi connectivity index (χ1n) is 3.62. The first-order chi connectivity index (χ1) is 4.34. The second kappa shape index (κ2) is 4.85. The van der Waals surface area contributed by atoms with E-state index in [2.05, 4.69) is 32.1 Å². The Morgan fingerprint density at radius 2 is 2.40 bits per heavy atom. The van der Waals surface area contributed by atoms with Gasteiger partial charge in [0.2, 0.25) is 0 Å². The largest absolute Gasteiger partial charge is 1.00 e. The molecule has 1 atom stereocenters. The smallest absolute Gasteiger partial charge is 0.269 e. The van der Waals surface area contributed by atoms with E-state index in [0.29, 0.717) is 5.92 Å². The third kappa shape index (κ3) is 2.38. The van der Waals surface area contributed by atoms with Gasteiger partial charge in [0, 0.05) is 0 Å². The molecule has 57 valence electrons. The monoisotopic (exact) mass is 223 g/mol. The van der Waals surface area contributed by atoms with Crippen molar-refractivity contribution < 1.29 is 19.5 Å². The van der Waals surface area contributed by atoms with E-state index in [9.17, 15) is 0 Å². The van der Waals surface area contributed by atoms with E-state index in [4.69, 9.17) is 0 Å². The summed E-state index contributed by atoms with van der Waals surface area (Å²) >= 11 is 0. The summed E-state index contributed by atoms with van der Waals surface area (Å²) in [5.41, 5.74) is 1.40. The van der Waals surface area contributed by atoms with Crippen LogP contribution in [0, 0.1) is 12.0 Å². The molecule has 0 saturated heterocycles. The average molecular weight is 222 g/mol. The molecule has 0 saturated carbocycles. The van der Waals surface area contributed by atoms with Crippen molar-refractivity contribution in [3.8, 4) is 0 Å². The summed E-state index contributed by atoms with van der Waals surface area (Å²) < 4.78 is 0. The Balaban J connectivity index is 0.000000810. The molecule has 0 nitrogen and oxygen atoms in total. The quantitative estimate of drug-likeness (QED) is 0.498. The molecular weight excluding hydrogens is 209 g/mol. The van der Waals surface area contributed by atoms with E-state index in [-0.39, 0.29) is 19.5 Å². The molecule has 1 aliphatic rings.